The molecule has 0 amide bonds. The minimum absolute atomic E-state index is 0. The molecule has 0 bridgehead atoms. The molecule has 0 spiro atoms. The van der Waals surface area contributed by atoms with Crippen molar-refractivity contribution in [2.45, 2.75) is 25.1 Å². The second-order valence-corrected chi connectivity index (χ2v) is 4.23. The van der Waals surface area contributed by atoms with E-state index in [-0.39, 0.29) is 23.5 Å². The van der Waals surface area contributed by atoms with E-state index < -0.39 is 11.7 Å². The Hall–Kier alpha value is -0.450. The first-order chi connectivity index (χ1) is 7.50. The third-order valence-corrected chi connectivity index (χ3v) is 3.19. The van der Waals surface area contributed by atoms with Gasteiger partial charge in [0.1, 0.15) is 0 Å². The Morgan fingerprint density at radius 2 is 2.00 bits per heavy atom. The van der Waals surface area contributed by atoms with Gasteiger partial charge in [-0.2, -0.15) is 13.2 Å². The van der Waals surface area contributed by atoms with Crippen molar-refractivity contribution in [2.24, 2.45) is 0 Å². The maximum absolute atomic E-state index is 12.6. The van der Waals surface area contributed by atoms with Gasteiger partial charge >= 0.3 is 6.18 Å². The molecular formula is C11H12Cl2F3N. The van der Waals surface area contributed by atoms with Crippen molar-refractivity contribution < 1.29 is 13.2 Å². The Balaban J connectivity index is 0.00000144. The lowest BCUT2D eigenvalue weighted by Crippen LogP contribution is -2.15. The molecule has 1 aliphatic heterocycles. The fraction of sp³-hybridized carbons (Fsp3) is 0.455. The molecule has 1 nitrogen and oxygen atoms in total. The molecule has 0 aliphatic carbocycles. The first kappa shape index (κ1) is 14.6. The summed E-state index contributed by atoms with van der Waals surface area (Å²) in [6, 6.07) is 4.03. The molecule has 6 heteroatoms. The molecule has 17 heavy (non-hydrogen) atoms. The Morgan fingerprint density at radius 3 is 2.53 bits per heavy atom. The van der Waals surface area contributed by atoms with Gasteiger partial charge in [0.05, 0.1) is 10.6 Å². The monoisotopic (exact) mass is 285 g/mol. The van der Waals surface area contributed by atoms with Gasteiger partial charge in [-0.25, -0.2) is 0 Å². The van der Waals surface area contributed by atoms with Crippen LogP contribution in [0.15, 0.2) is 18.2 Å². The molecule has 0 aromatic heterocycles. The molecule has 1 aromatic rings. The van der Waals surface area contributed by atoms with E-state index in [1.54, 1.807) is 6.07 Å². The van der Waals surface area contributed by atoms with E-state index in [0.29, 0.717) is 5.56 Å². The van der Waals surface area contributed by atoms with Crippen molar-refractivity contribution in [1.29, 1.82) is 0 Å². The maximum Gasteiger partial charge on any atom is 0.417 e. The predicted octanol–water partition coefficient (Wildman–Crippen LogP) is 4.21. The molecule has 96 valence electrons. The first-order valence-corrected chi connectivity index (χ1v) is 5.47. The lowest BCUT2D eigenvalue weighted by molar-refractivity contribution is -0.137. The van der Waals surface area contributed by atoms with Gasteiger partial charge < -0.3 is 5.32 Å². The quantitative estimate of drug-likeness (QED) is 0.815. The van der Waals surface area contributed by atoms with Crippen LogP contribution >= 0.6 is 24.0 Å². The Bertz CT molecular complexity index is 387. The van der Waals surface area contributed by atoms with Crippen LogP contribution in [0.2, 0.25) is 5.02 Å². The van der Waals surface area contributed by atoms with Gasteiger partial charge in [-0.1, -0.05) is 23.7 Å². The van der Waals surface area contributed by atoms with Crippen molar-refractivity contribution in [2.75, 3.05) is 6.54 Å². The van der Waals surface area contributed by atoms with Gasteiger partial charge in [-0.3, -0.25) is 0 Å². The zero-order valence-corrected chi connectivity index (χ0v) is 10.4. The van der Waals surface area contributed by atoms with E-state index in [9.17, 15) is 13.2 Å². The second kappa shape index (κ2) is 5.46. The summed E-state index contributed by atoms with van der Waals surface area (Å²) in [5.41, 5.74) is -0.200. The summed E-state index contributed by atoms with van der Waals surface area (Å²) in [6.07, 6.45) is -2.58. The summed E-state index contributed by atoms with van der Waals surface area (Å²) >= 11 is 5.81. The van der Waals surface area contributed by atoms with Gasteiger partial charge in [-0.05, 0) is 31.0 Å². The van der Waals surface area contributed by atoms with Crippen LogP contribution in [0.4, 0.5) is 13.2 Å². The van der Waals surface area contributed by atoms with Gasteiger partial charge in [0.15, 0.2) is 0 Å². The van der Waals surface area contributed by atoms with Crippen molar-refractivity contribution in [1.82, 2.24) is 5.32 Å². The lowest BCUT2D eigenvalue weighted by atomic mass is 10.0. The highest BCUT2D eigenvalue weighted by Crippen LogP contribution is 2.39. The number of nitrogens with one attached hydrogen (secondary N) is 1. The molecule has 1 fully saturated rings. The number of alkyl halides is 3. The van der Waals surface area contributed by atoms with Crippen LogP contribution < -0.4 is 5.32 Å². The highest BCUT2D eigenvalue weighted by Gasteiger charge is 2.34. The van der Waals surface area contributed by atoms with Gasteiger partial charge in [0.25, 0.3) is 0 Å². The highest BCUT2D eigenvalue weighted by atomic mass is 35.5. The van der Waals surface area contributed by atoms with Crippen LogP contribution in [0.25, 0.3) is 0 Å². The number of hydrogen-bond acceptors (Lipinski definition) is 1. The standard InChI is InChI=1S/C11H11ClF3N.ClH/c12-10-7(9-5-2-6-16-9)3-1-4-8(10)11(13,14)15;/h1,3-4,9,16H,2,5-6H2;1H/t9-;/m0./s1. The van der Waals surface area contributed by atoms with Gasteiger partial charge in [0.2, 0.25) is 0 Å². The van der Waals surface area contributed by atoms with E-state index in [1.807, 2.05) is 0 Å². The minimum atomic E-state index is -4.38. The molecule has 0 unspecified atom stereocenters. The Labute approximate surface area is 109 Å². The molecule has 1 aliphatic rings. The van der Waals surface area contributed by atoms with Crippen LogP contribution in [0.1, 0.15) is 30.0 Å². The maximum atomic E-state index is 12.6. The second-order valence-electron chi connectivity index (χ2n) is 3.86. The van der Waals surface area contributed by atoms with Gasteiger partial charge in [0, 0.05) is 6.04 Å². The van der Waals surface area contributed by atoms with Gasteiger partial charge in [-0.15, -0.1) is 12.4 Å². The first-order valence-electron chi connectivity index (χ1n) is 5.09. The zero-order chi connectivity index (χ0) is 11.8. The fourth-order valence-electron chi connectivity index (χ4n) is 1.99. The molecule has 1 aromatic carbocycles. The fourth-order valence-corrected chi connectivity index (χ4v) is 2.35. The normalized spacial score (nSPS) is 20.1. The molecular weight excluding hydrogens is 274 g/mol. The number of halogens is 5. The van der Waals surface area contributed by atoms with E-state index >= 15 is 0 Å². The Kier molecular flexibility index (Phi) is 4.69. The summed E-state index contributed by atoms with van der Waals surface area (Å²) in [4.78, 5) is 0. The third kappa shape index (κ3) is 3.06. The van der Waals surface area contributed by atoms with Crippen molar-refractivity contribution in [3.63, 3.8) is 0 Å². The molecule has 1 heterocycles. The molecule has 2 rings (SSSR count). The third-order valence-electron chi connectivity index (χ3n) is 2.77. The van der Waals surface area contributed by atoms with E-state index in [2.05, 4.69) is 5.32 Å². The lowest BCUT2D eigenvalue weighted by Gasteiger charge is -2.16. The van der Waals surface area contributed by atoms with Crippen LogP contribution in [-0.4, -0.2) is 6.54 Å². The summed E-state index contributed by atoms with van der Waals surface area (Å²) in [5, 5.41) is 2.97. The topological polar surface area (TPSA) is 12.0 Å². The largest absolute Gasteiger partial charge is 0.417 e. The minimum Gasteiger partial charge on any atom is -0.310 e. The van der Waals surface area contributed by atoms with E-state index in [0.717, 1.165) is 25.5 Å². The number of rotatable bonds is 1. The smallest absolute Gasteiger partial charge is 0.310 e. The average Bonchev–Trinajstić information content (AvgIpc) is 2.69. The van der Waals surface area contributed by atoms with Crippen LogP contribution in [0, 0.1) is 0 Å². The summed E-state index contributed by atoms with van der Waals surface area (Å²) < 4.78 is 37.8. The molecule has 1 N–H and O–H groups in total. The van der Waals surface area contributed by atoms with E-state index in [4.69, 9.17) is 11.6 Å². The average molecular weight is 286 g/mol. The number of hydrogen-bond donors (Lipinski definition) is 1. The molecule has 0 saturated carbocycles. The zero-order valence-electron chi connectivity index (χ0n) is 8.85. The van der Waals surface area contributed by atoms with Crippen molar-refractivity contribution in [3.05, 3.63) is 34.3 Å². The summed E-state index contributed by atoms with van der Waals surface area (Å²) in [6.45, 7) is 0.831. The molecule has 0 radical (unpaired) electrons. The summed E-state index contributed by atoms with van der Waals surface area (Å²) in [5.74, 6) is 0. The van der Waals surface area contributed by atoms with Crippen LogP contribution in [0.3, 0.4) is 0 Å². The summed E-state index contributed by atoms with van der Waals surface area (Å²) in [7, 11) is 0. The number of benzene rings is 1. The Morgan fingerprint density at radius 1 is 1.29 bits per heavy atom. The highest BCUT2D eigenvalue weighted by molar-refractivity contribution is 6.32. The van der Waals surface area contributed by atoms with Crippen molar-refractivity contribution in [3.8, 4) is 0 Å². The molecule has 1 atom stereocenters. The van der Waals surface area contributed by atoms with Crippen LogP contribution in [-0.2, 0) is 6.18 Å². The van der Waals surface area contributed by atoms with Crippen LogP contribution in [0.5, 0.6) is 0 Å². The predicted molar refractivity (Wildman–Crippen MR) is 63.7 cm³/mol. The van der Waals surface area contributed by atoms with Crippen molar-refractivity contribution >= 4 is 24.0 Å². The molecule has 1 saturated heterocycles. The SMILES string of the molecule is Cl.FC(F)(F)c1cccc([C@@H]2CCCN2)c1Cl. The van der Waals surface area contributed by atoms with E-state index in [1.165, 1.54) is 6.07 Å².